The lowest BCUT2D eigenvalue weighted by molar-refractivity contribution is 0.0462. The average Bonchev–Trinajstić information content (AvgIpc) is 3.03. The van der Waals surface area contributed by atoms with E-state index in [4.69, 9.17) is 14.2 Å². The minimum Gasteiger partial charge on any atom is -0.457 e. The molecule has 0 fully saturated rings. The van der Waals surface area contributed by atoms with Crippen molar-refractivity contribution in [3.05, 3.63) is 132 Å². The SMILES string of the molecule is Cc1c(COC(=O)c2c(I)ccc(F)c2F)c(C)c(COC(=O)c2c(I)ccc(F)c2F)c(C)c1COC(=O)c1c(I)ccc(F)c1F. The molecule has 15 heteroatoms. The van der Waals surface area contributed by atoms with Gasteiger partial charge in [0, 0.05) is 10.7 Å². The summed E-state index contributed by atoms with van der Waals surface area (Å²) in [5.74, 6) is -11.5. The normalized spacial score (nSPS) is 11.0. The molecule has 4 rings (SSSR count). The Morgan fingerprint density at radius 2 is 0.708 bits per heavy atom. The molecule has 0 aliphatic heterocycles. The molecule has 0 saturated carbocycles. The van der Waals surface area contributed by atoms with E-state index < -0.39 is 89.3 Å². The van der Waals surface area contributed by atoms with Gasteiger partial charge in [0.1, 0.15) is 36.5 Å². The maximum absolute atomic E-state index is 14.5. The van der Waals surface area contributed by atoms with Gasteiger partial charge in [0.25, 0.3) is 0 Å². The Balaban J connectivity index is 1.72. The van der Waals surface area contributed by atoms with Crippen LogP contribution in [0.3, 0.4) is 0 Å². The molecule has 0 bridgehead atoms. The fourth-order valence-electron chi connectivity index (χ4n) is 4.81. The molecule has 0 radical (unpaired) electrons. The quantitative estimate of drug-likeness (QED) is 0.0548. The molecule has 0 aliphatic carbocycles. The van der Waals surface area contributed by atoms with Crippen LogP contribution in [0.1, 0.15) is 64.5 Å². The largest absolute Gasteiger partial charge is 0.457 e. The third kappa shape index (κ3) is 7.76. The summed E-state index contributed by atoms with van der Waals surface area (Å²) in [6, 6.07) is 6.16. The van der Waals surface area contributed by atoms with E-state index in [2.05, 4.69) is 0 Å². The van der Waals surface area contributed by atoms with Crippen molar-refractivity contribution < 1.29 is 54.9 Å². The van der Waals surface area contributed by atoms with Crippen LogP contribution in [0.5, 0.6) is 0 Å². The van der Waals surface area contributed by atoms with Crippen molar-refractivity contribution >= 4 is 85.7 Å². The Labute approximate surface area is 310 Å². The molecule has 4 aromatic carbocycles. The molecule has 0 amide bonds. The second kappa shape index (κ2) is 15.7. The van der Waals surface area contributed by atoms with E-state index in [0.29, 0.717) is 33.4 Å². The summed E-state index contributed by atoms with van der Waals surface area (Å²) in [6.45, 7) is 3.26. The highest BCUT2D eigenvalue weighted by molar-refractivity contribution is 14.1. The molecule has 252 valence electrons. The Morgan fingerprint density at radius 1 is 0.479 bits per heavy atom. The fraction of sp³-hybridized carbons (Fsp3) is 0.182. The number of ether oxygens (including phenoxy) is 3. The molecule has 0 aliphatic rings. The van der Waals surface area contributed by atoms with Crippen molar-refractivity contribution in [2.75, 3.05) is 0 Å². The van der Waals surface area contributed by atoms with E-state index in [1.807, 2.05) is 0 Å². The molecule has 0 heterocycles. The number of halogens is 9. The Bertz CT molecular complexity index is 1740. The van der Waals surface area contributed by atoms with Crippen LogP contribution >= 0.6 is 67.8 Å². The van der Waals surface area contributed by atoms with Gasteiger partial charge in [-0.05, 0) is 158 Å². The van der Waals surface area contributed by atoms with Crippen molar-refractivity contribution in [2.45, 2.75) is 40.6 Å². The molecule has 0 saturated heterocycles. The number of esters is 3. The highest BCUT2D eigenvalue weighted by Gasteiger charge is 2.27. The zero-order valence-corrected chi connectivity index (χ0v) is 31.4. The summed E-state index contributed by atoms with van der Waals surface area (Å²) in [7, 11) is 0. The van der Waals surface area contributed by atoms with Crippen LogP contribution in [0.25, 0.3) is 0 Å². The highest BCUT2D eigenvalue weighted by atomic mass is 127. The first-order valence-electron chi connectivity index (χ1n) is 13.6. The topological polar surface area (TPSA) is 78.9 Å². The highest BCUT2D eigenvalue weighted by Crippen LogP contribution is 2.31. The maximum atomic E-state index is 14.5. The monoisotopic (exact) mass is 1010 g/mol. The first kappa shape index (κ1) is 37.9. The average molecular weight is 1010 g/mol. The van der Waals surface area contributed by atoms with Gasteiger partial charge < -0.3 is 14.2 Å². The smallest absolute Gasteiger partial charge is 0.342 e. The number of carbonyl (C=O) groups excluding carboxylic acids is 3. The summed E-state index contributed by atoms with van der Waals surface area (Å²) in [6.07, 6.45) is 0. The van der Waals surface area contributed by atoms with Crippen LogP contribution in [-0.4, -0.2) is 17.9 Å². The van der Waals surface area contributed by atoms with Gasteiger partial charge in [-0.2, -0.15) is 0 Å². The van der Waals surface area contributed by atoms with Gasteiger partial charge in [0.15, 0.2) is 34.9 Å². The molecule has 0 atom stereocenters. The van der Waals surface area contributed by atoms with Crippen molar-refractivity contribution in [3.63, 3.8) is 0 Å². The number of hydrogen-bond donors (Lipinski definition) is 0. The predicted octanol–water partition coefficient (Wildman–Crippen LogP) is 9.33. The zero-order valence-electron chi connectivity index (χ0n) is 24.9. The third-order valence-electron chi connectivity index (χ3n) is 7.50. The Morgan fingerprint density at radius 3 is 0.938 bits per heavy atom. The van der Waals surface area contributed by atoms with Crippen LogP contribution in [0.4, 0.5) is 26.3 Å². The van der Waals surface area contributed by atoms with Crippen LogP contribution in [0.15, 0.2) is 36.4 Å². The fourth-order valence-corrected chi connectivity index (χ4v) is 6.72. The van der Waals surface area contributed by atoms with Crippen molar-refractivity contribution in [1.82, 2.24) is 0 Å². The number of benzene rings is 4. The molecule has 0 aromatic heterocycles. The van der Waals surface area contributed by atoms with E-state index in [0.717, 1.165) is 18.2 Å². The van der Waals surface area contributed by atoms with Crippen LogP contribution in [0, 0.1) is 66.4 Å². The predicted molar refractivity (Wildman–Crippen MR) is 185 cm³/mol. The summed E-state index contributed by atoms with van der Waals surface area (Å²) in [5, 5.41) is 0. The lowest BCUT2D eigenvalue weighted by Gasteiger charge is -2.22. The standard InChI is InChI=1S/C33H21F6I3O6/c1-13-16(10-46-31(43)25-22(40)7-4-19(34)28(25)37)14(2)18(12-48-33(45)27-24(42)9-6-21(36)30(27)39)15(3)17(13)11-47-32(44)26-23(41)8-5-20(35)29(26)38/h4-9H,10-12H2,1-3H3. The van der Waals surface area contributed by atoms with E-state index in [9.17, 15) is 40.7 Å². The van der Waals surface area contributed by atoms with Gasteiger partial charge in [-0.15, -0.1) is 0 Å². The molecule has 4 aromatic rings. The number of carbonyl (C=O) groups is 3. The number of rotatable bonds is 9. The van der Waals surface area contributed by atoms with Gasteiger partial charge in [0.05, 0.1) is 0 Å². The summed E-state index contributed by atoms with van der Waals surface area (Å²) >= 11 is 4.95. The molecule has 0 N–H and O–H groups in total. The summed E-state index contributed by atoms with van der Waals surface area (Å²) in [5.41, 5.74) is 0.266. The van der Waals surface area contributed by atoms with Crippen molar-refractivity contribution in [3.8, 4) is 0 Å². The van der Waals surface area contributed by atoms with Gasteiger partial charge in [-0.3, -0.25) is 0 Å². The van der Waals surface area contributed by atoms with Gasteiger partial charge in [0.2, 0.25) is 0 Å². The van der Waals surface area contributed by atoms with Crippen LogP contribution in [-0.2, 0) is 34.0 Å². The molecule has 0 spiro atoms. The first-order chi connectivity index (χ1) is 22.6. The van der Waals surface area contributed by atoms with Gasteiger partial charge in [-0.1, -0.05) is 0 Å². The lowest BCUT2D eigenvalue weighted by atomic mass is 9.89. The minimum absolute atomic E-state index is 0.0903. The molecule has 48 heavy (non-hydrogen) atoms. The number of hydrogen-bond acceptors (Lipinski definition) is 6. The van der Waals surface area contributed by atoms with Gasteiger partial charge in [-0.25, -0.2) is 40.7 Å². The Kier molecular flexibility index (Phi) is 12.4. The van der Waals surface area contributed by atoms with E-state index in [1.165, 1.54) is 18.2 Å². The van der Waals surface area contributed by atoms with Gasteiger partial charge >= 0.3 is 17.9 Å². The minimum atomic E-state index is -1.40. The molecule has 6 nitrogen and oxygen atoms in total. The van der Waals surface area contributed by atoms with E-state index >= 15 is 0 Å². The lowest BCUT2D eigenvalue weighted by Crippen LogP contribution is -2.17. The van der Waals surface area contributed by atoms with Crippen molar-refractivity contribution in [1.29, 1.82) is 0 Å². The second-order valence-corrected chi connectivity index (χ2v) is 13.7. The molecular formula is C33H21F6I3O6. The maximum Gasteiger partial charge on any atom is 0.342 e. The first-order valence-corrected chi connectivity index (χ1v) is 16.8. The molecular weight excluding hydrogens is 987 g/mol. The van der Waals surface area contributed by atoms with Crippen LogP contribution < -0.4 is 0 Å². The second-order valence-electron chi connectivity index (χ2n) is 10.2. The summed E-state index contributed by atoms with van der Waals surface area (Å²) in [4.78, 5) is 38.7. The molecule has 0 unspecified atom stereocenters. The zero-order chi connectivity index (χ0) is 35.6. The van der Waals surface area contributed by atoms with Crippen molar-refractivity contribution in [2.24, 2.45) is 0 Å². The van der Waals surface area contributed by atoms with E-state index in [-0.39, 0.29) is 10.7 Å². The summed E-state index contributed by atoms with van der Waals surface area (Å²) < 4.78 is 102. The Hall–Kier alpha value is -2.94. The third-order valence-corrected chi connectivity index (χ3v) is 10.2. The van der Waals surface area contributed by atoms with Crippen LogP contribution in [0.2, 0.25) is 0 Å². The van der Waals surface area contributed by atoms with E-state index in [1.54, 1.807) is 88.5 Å².